The van der Waals surface area contributed by atoms with Crippen LogP contribution in [-0.4, -0.2) is 38.4 Å². The summed E-state index contributed by atoms with van der Waals surface area (Å²) in [6.45, 7) is 0. The van der Waals surface area contributed by atoms with E-state index in [1.807, 2.05) is 0 Å². The topological polar surface area (TPSA) is 74.7 Å². The predicted molar refractivity (Wildman–Crippen MR) is 58.9 cm³/mol. The van der Waals surface area contributed by atoms with Crippen LogP contribution in [0.25, 0.3) is 0 Å². The van der Waals surface area contributed by atoms with E-state index in [9.17, 15) is 14.4 Å². The van der Waals surface area contributed by atoms with Gasteiger partial charge in [0.15, 0.2) is 0 Å². The number of thiol groups is 2. The first-order valence-electron chi connectivity index (χ1n) is 4.36. The molecule has 0 aromatic rings. The molecule has 0 aliphatic carbocycles. The highest BCUT2D eigenvalue weighted by molar-refractivity contribution is 7.99. The average molecular weight is 249 g/mol. The van der Waals surface area contributed by atoms with Gasteiger partial charge in [-0.3, -0.25) is 19.3 Å². The fraction of sp³-hybridized carbons (Fsp3) is 0.625. The van der Waals surface area contributed by atoms with Crippen LogP contribution in [-0.2, 0) is 14.4 Å². The van der Waals surface area contributed by atoms with Gasteiger partial charge in [-0.2, -0.15) is 25.3 Å². The van der Waals surface area contributed by atoms with Crippen LogP contribution in [0.2, 0.25) is 0 Å². The van der Waals surface area contributed by atoms with Crippen molar-refractivity contribution in [3.8, 4) is 0 Å². The zero-order chi connectivity index (χ0) is 11.6. The Labute approximate surface area is 97.6 Å². The number of rotatable bonds is 4. The number of amides is 2. The molecule has 1 N–H and O–H groups in total. The van der Waals surface area contributed by atoms with Crippen LogP contribution in [0.5, 0.6) is 0 Å². The lowest BCUT2D eigenvalue weighted by atomic mass is 10.2. The van der Waals surface area contributed by atoms with Gasteiger partial charge in [-0.15, -0.1) is 0 Å². The molecule has 84 valence electrons. The van der Waals surface area contributed by atoms with Gasteiger partial charge >= 0.3 is 5.97 Å². The van der Waals surface area contributed by atoms with E-state index in [-0.39, 0.29) is 31.1 Å². The molecule has 15 heavy (non-hydrogen) atoms. The van der Waals surface area contributed by atoms with E-state index in [1.165, 1.54) is 0 Å². The van der Waals surface area contributed by atoms with Crippen molar-refractivity contribution < 1.29 is 19.5 Å². The molecule has 0 bridgehead atoms. The summed E-state index contributed by atoms with van der Waals surface area (Å²) >= 11 is 7.96. The molecule has 0 aromatic carbocycles. The van der Waals surface area contributed by atoms with Crippen molar-refractivity contribution in [3.05, 3.63) is 0 Å². The number of aliphatic carboxylic acids is 1. The molecule has 0 aromatic heterocycles. The van der Waals surface area contributed by atoms with E-state index in [4.69, 9.17) is 5.11 Å². The largest absolute Gasteiger partial charge is 0.481 e. The first-order chi connectivity index (χ1) is 6.93. The second-order valence-electron chi connectivity index (χ2n) is 3.24. The van der Waals surface area contributed by atoms with Crippen LogP contribution in [0.1, 0.15) is 19.3 Å². The highest BCUT2D eigenvalue weighted by Crippen LogP contribution is 2.23. The quantitative estimate of drug-likeness (QED) is 0.377. The van der Waals surface area contributed by atoms with E-state index in [1.54, 1.807) is 0 Å². The van der Waals surface area contributed by atoms with E-state index in [0.717, 1.165) is 4.90 Å². The molecule has 1 atom stereocenters. The van der Waals surface area contributed by atoms with Crippen molar-refractivity contribution in [1.82, 2.24) is 4.90 Å². The number of hydrogen-bond donors (Lipinski definition) is 3. The van der Waals surface area contributed by atoms with Crippen LogP contribution >= 0.6 is 25.3 Å². The Morgan fingerprint density at radius 1 is 1.33 bits per heavy atom. The van der Waals surface area contributed by atoms with Crippen molar-refractivity contribution in [2.45, 2.75) is 29.9 Å². The second-order valence-corrected chi connectivity index (χ2v) is 4.76. The van der Waals surface area contributed by atoms with Gasteiger partial charge in [-0.05, 0) is 0 Å². The normalized spacial score (nSPS) is 18.7. The molecular weight excluding hydrogens is 238 g/mol. The highest BCUT2D eigenvalue weighted by Gasteiger charge is 2.38. The van der Waals surface area contributed by atoms with Crippen LogP contribution < -0.4 is 0 Å². The molecule has 2 amide bonds. The predicted octanol–water partition coefficient (Wildman–Crippen LogP) is 0.164. The molecule has 1 fully saturated rings. The smallest absolute Gasteiger partial charge is 0.305 e. The molecule has 7 heteroatoms. The Bertz CT molecular complexity index is 289. The van der Waals surface area contributed by atoms with Crippen molar-refractivity contribution in [2.24, 2.45) is 0 Å². The minimum absolute atomic E-state index is 0.142. The first kappa shape index (κ1) is 12.4. The maximum Gasteiger partial charge on any atom is 0.305 e. The number of hydrogen-bond acceptors (Lipinski definition) is 5. The Hall–Kier alpha value is -0.690. The molecule has 5 nitrogen and oxygen atoms in total. The lowest BCUT2D eigenvalue weighted by Crippen LogP contribution is -2.44. The lowest BCUT2D eigenvalue weighted by Gasteiger charge is -2.26. The molecule has 0 spiro atoms. The SMILES string of the molecule is O=C(O)CC(C(S)S)N1C(=O)CCC1=O. The Balaban J connectivity index is 2.83. The molecule has 0 radical (unpaired) electrons. The van der Waals surface area contributed by atoms with E-state index >= 15 is 0 Å². The summed E-state index contributed by atoms with van der Waals surface area (Å²) in [7, 11) is 0. The minimum Gasteiger partial charge on any atom is -0.481 e. The molecule has 1 unspecified atom stereocenters. The van der Waals surface area contributed by atoms with Gasteiger partial charge in [0.1, 0.15) is 0 Å². The van der Waals surface area contributed by atoms with Gasteiger partial charge < -0.3 is 5.11 Å². The minimum atomic E-state index is -1.08. The summed E-state index contributed by atoms with van der Waals surface area (Å²) < 4.78 is -0.646. The number of carboxylic acid groups (broad SMARTS) is 1. The van der Waals surface area contributed by atoms with E-state index < -0.39 is 16.6 Å². The van der Waals surface area contributed by atoms with E-state index in [2.05, 4.69) is 25.3 Å². The molecule has 1 aliphatic heterocycles. The van der Waals surface area contributed by atoms with Crippen molar-refractivity contribution >= 4 is 43.0 Å². The third-order valence-electron chi connectivity index (χ3n) is 2.15. The molecular formula is C8H11NO4S2. The van der Waals surface area contributed by atoms with Crippen LogP contribution in [0.3, 0.4) is 0 Å². The fourth-order valence-corrected chi connectivity index (χ4v) is 1.95. The summed E-state index contributed by atoms with van der Waals surface area (Å²) in [5, 5.41) is 8.65. The van der Waals surface area contributed by atoms with Crippen LogP contribution in [0.15, 0.2) is 0 Å². The van der Waals surface area contributed by atoms with Crippen molar-refractivity contribution in [2.75, 3.05) is 0 Å². The molecule has 1 heterocycles. The Morgan fingerprint density at radius 2 is 1.80 bits per heavy atom. The van der Waals surface area contributed by atoms with Gasteiger partial charge in [-0.25, -0.2) is 0 Å². The van der Waals surface area contributed by atoms with E-state index in [0.29, 0.717) is 0 Å². The zero-order valence-electron chi connectivity index (χ0n) is 7.79. The molecule has 1 aliphatic rings. The molecule has 1 rings (SSSR count). The number of likely N-dealkylation sites (tertiary alicyclic amines) is 1. The summed E-state index contributed by atoms with van der Waals surface area (Å²) in [6, 6.07) is -0.781. The number of nitrogens with zero attached hydrogens (tertiary/aromatic N) is 1. The van der Waals surface area contributed by atoms with Gasteiger partial charge in [0.05, 0.1) is 17.0 Å². The first-order valence-corrected chi connectivity index (χ1v) is 5.39. The number of imide groups is 1. The van der Waals surface area contributed by atoms with Crippen LogP contribution in [0.4, 0.5) is 0 Å². The average Bonchev–Trinajstić information content (AvgIpc) is 2.42. The zero-order valence-corrected chi connectivity index (χ0v) is 9.58. The summed E-state index contributed by atoms with van der Waals surface area (Å²) in [4.78, 5) is 34.3. The maximum atomic E-state index is 11.4. The number of carboxylic acids is 1. The molecule has 1 saturated heterocycles. The van der Waals surface area contributed by atoms with Crippen molar-refractivity contribution in [3.63, 3.8) is 0 Å². The lowest BCUT2D eigenvalue weighted by molar-refractivity contribution is -0.143. The van der Waals surface area contributed by atoms with Gasteiger partial charge in [0.2, 0.25) is 11.8 Å². The molecule has 0 saturated carbocycles. The van der Waals surface area contributed by atoms with Gasteiger partial charge in [-0.1, -0.05) is 0 Å². The third kappa shape index (κ3) is 2.88. The standard InChI is InChI=1S/C8H11NO4S2/c10-5-1-2-6(11)9(5)4(8(14)15)3-7(12)13/h4,8,14-15H,1-3H2,(H,12,13). The highest BCUT2D eigenvalue weighted by atomic mass is 32.2. The Kier molecular flexibility index (Phi) is 4.04. The fourth-order valence-electron chi connectivity index (χ4n) is 1.47. The number of carbonyl (C=O) groups is 3. The van der Waals surface area contributed by atoms with Crippen LogP contribution in [0, 0.1) is 0 Å². The van der Waals surface area contributed by atoms with Gasteiger partial charge in [0, 0.05) is 12.8 Å². The van der Waals surface area contributed by atoms with Gasteiger partial charge in [0.25, 0.3) is 0 Å². The summed E-state index contributed by atoms with van der Waals surface area (Å²) in [6.07, 6.45) is -0.0401. The number of carbonyl (C=O) groups excluding carboxylic acids is 2. The summed E-state index contributed by atoms with van der Waals surface area (Å²) in [5.41, 5.74) is 0. The summed E-state index contributed by atoms with van der Waals surface area (Å²) in [5.74, 6) is -1.78. The third-order valence-corrected chi connectivity index (χ3v) is 2.84. The van der Waals surface area contributed by atoms with Crippen molar-refractivity contribution in [1.29, 1.82) is 0 Å². The maximum absolute atomic E-state index is 11.4. The Morgan fingerprint density at radius 3 is 2.13 bits per heavy atom. The second kappa shape index (κ2) is 4.89. The monoisotopic (exact) mass is 249 g/mol.